The average Bonchev–Trinajstić information content (AvgIpc) is 2.28. The number of urea groups is 1. The van der Waals surface area contributed by atoms with E-state index in [9.17, 15) is 14.4 Å². The fourth-order valence-electron chi connectivity index (χ4n) is 1.31. The third-order valence-corrected chi connectivity index (χ3v) is 2.02. The quantitative estimate of drug-likeness (QED) is 0.624. The van der Waals surface area contributed by atoms with Gasteiger partial charge in [-0.3, -0.25) is 0 Å². The molecule has 0 fully saturated rings. The van der Waals surface area contributed by atoms with Crippen molar-refractivity contribution in [3.63, 3.8) is 0 Å². The Bertz CT molecular complexity index is 527. The van der Waals surface area contributed by atoms with Gasteiger partial charge in [0, 0.05) is 10.8 Å². The highest BCUT2D eigenvalue weighted by atomic mass is 19.1. The third-order valence-electron chi connectivity index (χ3n) is 2.02. The number of nitrogens with one attached hydrogen (secondary N) is 2. The third kappa shape index (κ3) is 3.14. The predicted octanol–water partition coefficient (Wildman–Crippen LogP) is 1.50. The molecule has 1 heterocycles. The van der Waals surface area contributed by atoms with E-state index in [0.717, 1.165) is 6.20 Å². The lowest BCUT2D eigenvalue weighted by Gasteiger charge is -2.06. The van der Waals surface area contributed by atoms with Crippen LogP contribution in [0, 0.1) is 11.0 Å². The number of nitrogens with zero attached hydrogens (tertiary/aromatic N) is 2. The van der Waals surface area contributed by atoms with E-state index >= 15 is 0 Å². The molecule has 0 spiro atoms. The van der Waals surface area contributed by atoms with Gasteiger partial charge < -0.3 is 15.8 Å². The topological polar surface area (TPSA) is 81.0 Å². The first-order chi connectivity index (χ1) is 8.63. The van der Waals surface area contributed by atoms with Crippen LogP contribution in [0.5, 0.6) is 0 Å². The standard InChI is InChI=1S/C11H9FN4O2/c12-8-2-1-3-9(6-8)14-11(17)15-10-4-5-13-16(18)7-10/h1-7H,(H2,14,15,17). The molecule has 0 aliphatic heterocycles. The second kappa shape index (κ2) is 5.09. The lowest BCUT2D eigenvalue weighted by atomic mass is 10.3. The number of carbonyl (C=O) groups is 1. The molecule has 0 saturated carbocycles. The zero-order valence-electron chi connectivity index (χ0n) is 9.13. The maximum Gasteiger partial charge on any atom is 0.323 e. The smallest absolute Gasteiger partial charge is 0.323 e. The molecule has 0 aliphatic carbocycles. The Morgan fingerprint density at radius 1 is 1.28 bits per heavy atom. The molecular weight excluding hydrogens is 239 g/mol. The maximum atomic E-state index is 12.9. The molecular formula is C11H9FN4O2. The molecule has 0 radical (unpaired) electrons. The molecule has 0 bridgehead atoms. The molecule has 6 nitrogen and oxygen atoms in total. The van der Waals surface area contributed by atoms with E-state index in [0.29, 0.717) is 10.5 Å². The van der Waals surface area contributed by atoms with E-state index in [1.165, 1.54) is 30.5 Å². The van der Waals surface area contributed by atoms with Crippen molar-refractivity contribution in [2.45, 2.75) is 0 Å². The Kier molecular flexibility index (Phi) is 3.33. The van der Waals surface area contributed by atoms with Crippen LogP contribution in [0.25, 0.3) is 0 Å². The van der Waals surface area contributed by atoms with Gasteiger partial charge in [-0.2, -0.15) is 0 Å². The van der Waals surface area contributed by atoms with Crippen molar-refractivity contribution >= 4 is 17.4 Å². The van der Waals surface area contributed by atoms with Gasteiger partial charge in [-0.25, -0.2) is 9.18 Å². The number of aromatic nitrogens is 2. The molecule has 2 amide bonds. The summed E-state index contributed by atoms with van der Waals surface area (Å²) in [6, 6.07) is 6.35. The largest absolute Gasteiger partial charge is 0.594 e. The summed E-state index contributed by atoms with van der Waals surface area (Å²) in [5.74, 6) is -0.450. The van der Waals surface area contributed by atoms with E-state index in [1.807, 2.05) is 0 Å². The summed E-state index contributed by atoms with van der Waals surface area (Å²) in [7, 11) is 0. The van der Waals surface area contributed by atoms with Gasteiger partial charge in [-0.15, -0.1) is 0 Å². The Morgan fingerprint density at radius 3 is 2.78 bits per heavy atom. The highest BCUT2D eigenvalue weighted by molar-refractivity contribution is 5.99. The summed E-state index contributed by atoms with van der Waals surface area (Å²) in [6.45, 7) is 0. The molecule has 2 N–H and O–H groups in total. The van der Waals surface area contributed by atoms with Gasteiger partial charge in [-0.05, 0) is 24.3 Å². The van der Waals surface area contributed by atoms with Crippen LogP contribution >= 0.6 is 0 Å². The van der Waals surface area contributed by atoms with Crippen molar-refractivity contribution in [1.82, 2.24) is 5.10 Å². The molecule has 2 rings (SSSR count). The van der Waals surface area contributed by atoms with E-state index in [2.05, 4.69) is 15.7 Å². The molecule has 92 valence electrons. The lowest BCUT2D eigenvalue weighted by molar-refractivity contribution is -0.668. The Hall–Kier alpha value is -2.70. The fourth-order valence-corrected chi connectivity index (χ4v) is 1.31. The van der Waals surface area contributed by atoms with Gasteiger partial charge in [-0.1, -0.05) is 10.9 Å². The number of hydrogen-bond acceptors (Lipinski definition) is 3. The Labute approximate surface area is 102 Å². The molecule has 2 aromatic rings. The van der Waals surface area contributed by atoms with Crippen molar-refractivity contribution in [1.29, 1.82) is 0 Å². The first kappa shape index (κ1) is 11.8. The van der Waals surface area contributed by atoms with Crippen molar-refractivity contribution in [3.05, 3.63) is 53.7 Å². The minimum Gasteiger partial charge on any atom is -0.594 e. The van der Waals surface area contributed by atoms with Crippen molar-refractivity contribution in [2.24, 2.45) is 0 Å². The lowest BCUT2D eigenvalue weighted by Crippen LogP contribution is -2.31. The number of amides is 2. The summed E-state index contributed by atoms with van der Waals surface area (Å²) < 4.78 is 12.9. The zero-order valence-corrected chi connectivity index (χ0v) is 9.13. The number of benzene rings is 1. The SMILES string of the molecule is O=C(Nc1cccc(F)c1)Nc1ccn[n+]([O-])c1. The van der Waals surface area contributed by atoms with Crippen molar-refractivity contribution in [2.75, 3.05) is 10.6 Å². The van der Waals surface area contributed by atoms with Gasteiger partial charge in [0.15, 0.2) is 0 Å². The van der Waals surface area contributed by atoms with E-state index in [-0.39, 0.29) is 5.69 Å². The van der Waals surface area contributed by atoms with Crippen molar-refractivity contribution in [3.8, 4) is 0 Å². The first-order valence-electron chi connectivity index (χ1n) is 5.02. The van der Waals surface area contributed by atoms with E-state index < -0.39 is 11.8 Å². The number of anilines is 2. The Morgan fingerprint density at radius 2 is 2.06 bits per heavy atom. The molecule has 0 unspecified atom stereocenters. The molecule has 1 aromatic heterocycles. The molecule has 18 heavy (non-hydrogen) atoms. The second-order valence-corrected chi connectivity index (χ2v) is 3.41. The van der Waals surface area contributed by atoms with Crippen LogP contribution in [0.15, 0.2) is 42.7 Å². The van der Waals surface area contributed by atoms with Crippen LogP contribution in [0.3, 0.4) is 0 Å². The minimum absolute atomic E-state index is 0.286. The number of carbonyl (C=O) groups excluding carboxylic acids is 1. The zero-order chi connectivity index (χ0) is 13.0. The van der Waals surface area contributed by atoms with E-state index in [1.54, 1.807) is 6.07 Å². The molecule has 7 heteroatoms. The predicted molar refractivity (Wildman–Crippen MR) is 62.2 cm³/mol. The van der Waals surface area contributed by atoms with Crippen LogP contribution in [0.2, 0.25) is 0 Å². The van der Waals surface area contributed by atoms with Crippen LogP contribution in [0.1, 0.15) is 0 Å². The maximum absolute atomic E-state index is 12.9. The summed E-state index contributed by atoms with van der Waals surface area (Å²) in [5, 5.41) is 19.1. The average molecular weight is 248 g/mol. The van der Waals surface area contributed by atoms with Gasteiger partial charge in [0.25, 0.3) is 0 Å². The number of rotatable bonds is 2. The Balaban J connectivity index is 2.01. The summed E-state index contributed by atoms with van der Waals surface area (Å²) in [6.07, 6.45) is 2.36. The molecule has 0 saturated heterocycles. The molecule has 0 aliphatic rings. The summed E-state index contributed by atoms with van der Waals surface area (Å²) in [4.78, 5) is 11.8. The van der Waals surface area contributed by atoms with Crippen LogP contribution in [0.4, 0.5) is 20.6 Å². The number of halogens is 1. The van der Waals surface area contributed by atoms with Gasteiger partial charge >= 0.3 is 6.03 Å². The van der Waals surface area contributed by atoms with E-state index in [4.69, 9.17) is 0 Å². The summed E-state index contributed by atoms with van der Waals surface area (Å²) >= 11 is 0. The number of hydrogen-bond donors (Lipinski definition) is 2. The molecule has 1 aromatic carbocycles. The summed E-state index contributed by atoms with van der Waals surface area (Å²) in [5.41, 5.74) is 0.602. The van der Waals surface area contributed by atoms with Crippen LogP contribution in [-0.4, -0.2) is 11.1 Å². The fraction of sp³-hybridized carbons (Fsp3) is 0. The van der Waals surface area contributed by atoms with Gasteiger partial charge in [0.1, 0.15) is 11.5 Å². The highest BCUT2D eigenvalue weighted by Gasteiger charge is 2.05. The normalized spacial score (nSPS) is 9.83. The van der Waals surface area contributed by atoms with Crippen LogP contribution < -0.4 is 15.5 Å². The van der Waals surface area contributed by atoms with Crippen LogP contribution in [-0.2, 0) is 0 Å². The monoisotopic (exact) mass is 248 g/mol. The first-order valence-corrected chi connectivity index (χ1v) is 5.02. The highest BCUT2D eigenvalue weighted by Crippen LogP contribution is 2.09. The molecule has 0 atom stereocenters. The van der Waals surface area contributed by atoms with Crippen molar-refractivity contribution < 1.29 is 14.0 Å². The second-order valence-electron chi connectivity index (χ2n) is 3.41. The minimum atomic E-state index is -0.577. The van der Waals surface area contributed by atoms with Gasteiger partial charge in [0.05, 0.1) is 6.20 Å². The van der Waals surface area contributed by atoms with Gasteiger partial charge in [0.2, 0.25) is 6.20 Å².